The average molecular weight is 354 g/mol. The first-order chi connectivity index (χ1) is 11.5. The molecule has 24 heavy (non-hydrogen) atoms. The summed E-state index contributed by atoms with van der Waals surface area (Å²) in [6.45, 7) is 2.98. The number of guanidine groups is 1. The molecule has 7 nitrogen and oxygen atoms in total. The van der Waals surface area contributed by atoms with Gasteiger partial charge in [-0.05, 0) is 42.9 Å². The molecule has 1 aromatic rings. The van der Waals surface area contributed by atoms with Gasteiger partial charge in [-0.25, -0.2) is 13.6 Å². The molecule has 134 valence electrons. The van der Waals surface area contributed by atoms with E-state index in [1.54, 1.807) is 19.2 Å². The fraction of sp³-hybridized carbons (Fsp3) is 0.562. The second-order valence-electron chi connectivity index (χ2n) is 5.91. The van der Waals surface area contributed by atoms with Crippen LogP contribution in [0.5, 0.6) is 0 Å². The van der Waals surface area contributed by atoms with Crippen LogP contribution in [0.4, 0.5) is 0 Å². The summed E-state index contributed by atoms with van der Waals surface area (Å²) in [5.74, 6) is 1.50. The van der Waals surface area contributed by atoms with E-state index in [-0.39, 0.29) is 4.90 Å². The van der Waals surface area contributed by atoms with Crippen molar-refractivity contribution < 1.29 is 13.2 Å². The molecular weight excluding hydrogens is 328 g/mol. The number of aliphatic imine (C=N–C) groups is 1. The highest BCUT2D eigenvalue weighted by Crippen LogP contribution is 2.28. The highest BCUT2D eigenvalue weighted by molar-refractivity contribution is 7.89. The third-order valence-electron chi connectivity index (χ3n) is 3.74. The maximum Gasteiger partial charge on any atom is 0.238 e. The van der Waals surface area contributed by atoms with Gasteiger partial charge < -0.3 is 15.4 Å². The summed E-state index contributed by atoms with van der Waals surface area (Å²) in [5, 5.41) is 11.5. The van der Waals surface area contributed by atoms with E-state index in [2.05, 4.69) is 15.6 Å². The predicted molar refractivity (Wildman–Crippen MR) is 94.2 cm³/mol. The van der Waals surface area contributed by atoms with Gasteiger partial charge in [0, 0.05) is 33.4 Å². The summed E-state index contributed by atoms with van der Waals surface area (Å²) in [4.78, 5) is 4.26. The van der Waals surface area contributed by atoms with Gasteiger partial charge in [0.2, 0.25) is 10.0 Å². The minimum atomic E-state index is -3.65. The standard InChI is InChI=1S/C16H26N4O3S/c1-18-16(19-9-2-10-23-12-14-3-4-14)20-11-13-5-7-15(8-6-13)24(17,21)22/h5-8,14H,2-4,9-12H2,1H3,(H2,17,21,22)(H2,18,19,20). The molecular formula is C16H26N4O3S. The molecule has 0 aromatic heterocycles. The van der Waals surface area contributed by atoms with Crippen LogP contribution in [0.15, 0.2) is 34.2 Å². The summed E-state index contributed by atoms with van der Waals surface area (Å²) in [6, 6.07) is 6.46. The van der Waals surface area contributed by atoms with Gasteiger partial charge in [0.05, 0.1) is 4.90 Å². The van der Waals surface area contributed by atoms with Gasteiger partial charge in [-0.3, -0.25) is 4.99 Å². The van der Waals surface area contributed by atoms with Crippen LogP contribution in [0, 0.1) is 5.92 Å². The average Bonchev–Trinajstić information content (AvgIpc) is 3.37. The molecule has 0 saturated heterocycles. The predicted octanol–water partition coefficient (Wildman–Crippen LogP) is 0.816. The number of ether oxygens (including phenoxy) is 1. The number of nitrogens with two attached hydrogens (primary N) is 1. The third kappa shape index (κ3) is 6.86. The first kappa shape index (κ1) is 18.7. The van der Waals surface area contributed by atoms with Crippen LogP contribution in [0.1, 0.15) is 24.8 Å². The van der Waals surface area contributed by atoms with Gasteiger partial charge in [-0.1, -0.05) is 12.1 Å². The Balaban J connectivity index is 1.65. The maximum atomic E-state index is 11.2. The van der Waals surface area contributed by atoms with Crippen molar-refractivity contribution in [3.8, 4) is 0 Å². The van der Waals surface area contributed by atoms with Crippen molar-refractivity contribution >= 4 is 16.0 Å². The Morgan fingerprint density at radius 3 is 2.58 bits per heavy atom. The summed E-state index contributed by atoms with van der Waals surface area (Å²) in [5.41, 5.74) is 0.943. The number of rotatable bonds is 9. The Bertz CT molecular complexity index is 640. The molecule has 1 aliphatic rings. The minimum Gasteiger partial charge on any atom is -0.381 e. The lowest BCUT2D eigenvalue weighted by atomic mass is 10.2. The van der Waals surface area contributed by atoms with Crippen molar-refractivity contribution in [2.75, 3.05) is 26.8 Å². The van der Waals surface area contributed by atoms with Crippen LogP contribution in [0.2, 0.25) is 0 Å². The molecule has 0 heterocycles. The largest absolute Gasteiger partial charge is 0.381 e. The number of benzene rings is 1. The summed E-state index contributed by atoms with van der Waals surface area (Å²) in [6.07, 6.45) is 3.55. The third-order valence-corrected chi connectivity index (χ3v) is 4.67. The zero-order valence-electron chi connectivity index (χ0n) is 14.0. The molecule has 4 N–H and O–H groups in total. The number of hydrogen-bond donors (Lipinski definition) is 3. The second-order valence-corrected chi connectivity index (χ2v) is 7.47. The highest BCUT2D eigenvalue weighted by atomic mass is 32.2. The zero-order valence-corrected chi connectivity index (χ0v) is 14.8. The molecule has 0 radical (unpaired) electrons. The van der Waals surface area contributed by atoms with E-state index in [0.717, 1.165) is 37.7 Å². The molecule has 1 aliphatic carbocycles. The van der Waals surface area contributed by atoms with Crippen molar-refractivity contribution in [2.45, 2.75) is 30.7 Å². The van der Waals surface area contributed by atoms with Crippen LogP contribution in [0.25, 0.3) is 0 Å². The molecule has 0 spiro atoms. The molecule has 1 saturated carbocycles. The number of hydrogen-bond acceptors (Lipinski definition) is 4. The van der Waals surface area contributed by atoms with Crippen molar-refractivity contribution in [1.82, 2.24) is 10.6 Å². The topological polar surface area (TPSA) is 106 Å². The summed E-state index contributed by atoms with van der Waals surface area (Å²) in [7, 11) is -1.93. The zero-order chi connectivity index (χ0) is 17.4. The fourth-order valence-corrected chi connectivity index (χ4v) is 2.63. The molecule has 0 amide bonds. The number of sulfonamides is 1. The van der Waals surface area contributed by atoms with E-state index in [4.69, 9.17) is 9.88 Å². The molecule has 0 atom stereocenters. The fourth-order valence-electron chi connectivity index (χ4n) is 2.12. The van der Waals surface area contributed by atoms with E-state index in [1.807, 2.05) is 0 Å². The highest BCUT2D eigenvalue weighted by Gasteiger charge is 2.20. The van der Waals surface area contributed by atoms with E-state index in [1.165, 1.54) is 25.0 Å². The monoisotopic (exact) mass is 354 g/mol. The van der Waals surface area contributed by atoms with Crippen LogP contribution in [0.3, 0.4) is 0 Å². The van der Waals surface area contributed by atoms with Gasteiger partial charge in [0.25, 0.3) is 0 Å². The Morgan fingerprint density at radius 2 is 2.00 bits per heavy atom. The van der Waals surface area contributed by atoms with Crippen molar-refractivity contribution in [1.29, 1.82) is 0 Å². The van der Waals surface area contributed by atoms with Gasteiger partial charge in [0.1, 0.15) is 0 Å². The summed E-state index contributed by atoms with van der Waals surface area (Å²) >= 11 is 0. The molecule has 0 unspecified atom stereocenters. The van der Waals surface area contributed by atoms with Crippen molar-refractivity contribution in [2.24, 2.45) is 16.0 Å². The van der Waals surface area contributed by atoms with Crippen molar-refractivity contribution in [3.05, 3.63) is 29.8 Å². The molecule has 1 fully saturated rings. The number of nitrogens with one attached hydrogen (secondary N) is 2. The van der Waals surface area contributed by atoms with Gasteiger partial charge in [-0.2, -0.15) is 0 Å². The molecule has 0 bridgehead atoms. The molecule has 2 rings (SSSR count). The Kier molecular flexibility index (Phi) is 7.01. The quantitative estimate of drug-likeness (QED) is 0.346. The van der Waals surface area contributed by atoms with Gasteiger partial charge in [0.15, 0.2) is 5.96 Å². The maximum absolute atomic E-state index is 11.2. The number of nitrogens with zero attached hydrogens (tertiary/aromatic N) is 1. The van der Waals surface area contributed by atoms with E-state index in [9.17, 15) is 8.42 Å². The SMILES string of the molecule is CN=C(NCCCOCC1CC1)NCc1ccc(S(N)(=O)=O)cc1. The van der Waals surface area contributed by atoms with Crippen LogP contribution >= 0.6 is 0 Å². The smallest absolute Gasteiger partial charge is 0.238 e. The van der Waals surface area contributed by atoms with Crippen LogP contribution < -0.4 is 15.8 Å². The van der Waals surface area contributed by atoms with Gasteiger partial charge >= 0.3 is 0 Å². The lowest BCUT2D eigenvalue weighted by Gasteiger charge is -2.12. The Morgan fingerprint density at radius 1 is 1.29 bits per heavy atom. The molecule has 8 heteroatoms. The molecule has 1 aromatic carbocycles. The first-order valence-corrected chi connectivity index (χ1v) is 9.67. The number of primary sulfonamides is 1. The van der Waals surface area contributed by atoms with Crippen molar-refractivity contribution in [3.63, 3.8) is 0 Å². The lowest BCUT2D eigenvalue weighted by Crippen LogP contribution is -2.37. The Hall–Kier alpha value is -1.64. The van der Waals surface area contributed by atoms with E-state index >= 15 is 0 Å². The summed E-state index contributed by atoms with van der Waals surface area (Å²) < 4.78 is 28.0. The van der Waals surface area contributed by atoms with Crippen LogP contribution in [-0.4, -0.2) is 41.2 Å². The van der Waals surface area contributed by atoms with E-state index < -0.39 is 10.0 Å². The lowest BCUT2D eigenvalue weighted by molar-refractivity contribution is 0.123. The van der Waals surface area contributed by atoms with Crippen LogP contribution in [-0.2, 0) is 21.3 Å². The minimum absolute atomic E-state index is 0.111. The van der Waals surface area contributed by atoms with Gasteiger partial charge in [-0.15, -0.1) is 0 Å². The molecule has 0 aliphatic heterocycles. The van der Waals surface area contributed by atoms with E-state index in [0.29, 0.717) is 12.5 Å². The normalized spacial score (nSPS) is 15.3. The first-order valence-electron chi connectivity index (χ1n) is 8.13. The second kappa shape index (κ2) is 9.00. The Labute approximate surface area is 143 Å².